The number of aliphatic carboxylic acids is 1. The summed E-state index contributed by atoms with van der Waals surface area (Å²) in [6.45, 7) is 3.62. The minimum atomic E-state index is -1.13. The molecule has 0 saturated heterocycles. The highest BCUT2D eigenvalue weighted by Gasteiger charge is 2.32. The van der Waals surface area contributed by atoms with Gasteiger partial charge in [0.15, 0.2) is 5.54 Å². The molecule has 0 aromatic rings. The van der Waals surface area contributed by atoms with Gasteiger partial charge in [-0.15, -0.1) is 5.73 Å². The van der Waals surface area contributed by atoms with Gasteiger partial charge in [-0.3, -0.25) is 4.74 Å². The number of nitrogens with zero attached hydrogens (tertiary/aromatic N) is 1. The SMILES string of the molecule is CC1C=C=C(CC(C)(N=P)C(=O)O)C=C1. The van der Waals surface area contributed by atoms with Crippen molar-refractivity contribution in [1.82, 2.24) is 0 Å². The second-order valence-corrected chi connectivity index (χ2v) is 4.15. The summed E-state index contributed by atoms with van der Waals surface area (Å²) < 4.78 is 3.73. The molecule has 1 N–H and O–H groups in total. The summed E-state index contributed by atoms with van der Waals surface area (Å²) in [4.78, 5) is 11.0. The topological polar surface area (TPSA) is 49.7 Å². The number of rotatable bonds is 4. The minimum Gasteiger partial charge on any atom is -0.479 e. The van der Waals surface area contributed by atoms with Crippen LogP contribution in [0.25, 0.3) is 0 Å². The van der Waals surface area contributed by atoms with Crippen LogP contribution in [0.4, 0.5) is 0 Å². The van der Waals surface area contributed by atoms with Crippen molar-refractivity contribution in [3.8, 4) is 0 Å². The van der Waals surface area contributed by atoms with Crippen LogP contribution in [0.1, 0.15) is 20.3 Å². The van der Waals surface area contributed by atoms with E-state index in [1.807, 2.05) is 25.2 Å². The number of carbonyl (C=O) groups is 1. The Morgan fingerprint density at radius 1 is 1.80 bits per heavy atom. The summed E-state index contributed by atoms with van der Waals surface area (Å²) in [5.41, 5.74) is 2.81. The van der Waals surface area contributed by atoms with E-state index in [9.17, 15) is 4.79 Å². The fourth-order valence-corrected chi connectivity index (χ4v) is 1.43. The average Bonchev–Trinajstić information content (AvgIpc) is 2.21. The zero-order chi connectivity index (χ0) is 11.5. The summed E-state index contributed by atoms with van der Waals surface area (Å²) in [6.07, 6.45) is 6.18. The summed E-state index contributed by atoms with van der Waals surface area (Å²) in [6, 6.07) is 0. The largest absolute Gasteiger partial charge is 0.479 e. The lowest BCUT2D eigenvalue weighted by Gasteiger charge is -2.19. The molecule has 0 aromatic heterocycles. The summed E-state index contributed by atoms with van der Waals surface area (Å²) >= 11 is 0. The van der Waals surface area contributed by atoms with E-state index in [2.05, 4.69) is 19.5 Å². The lowest BCUT2D eigenvalue weighted by molar-refractivity contribution is -0.142. The van der Waals surface area contributed by atoms with Crippen molar-refractivity contribution in [3.63, 3.8) is 0 Å². The first kappa shape index (κ1) is 11.9. The molecule has 2 atom stereocenters. The Morgan fingerprint density at radius 2 is 2.47 bits per heavy atom. The van der Waals surface area contributed by atoms with Crippen LogP contribution in [0, 0.1) is 5.92 Å². The summed E-state index contributed by atoms with van der Waals surface area (Å²) in [5, 5.41) is 9.01. The van der Waals surface area contributed by atoms with Gasteiger partial charge < -0.3 is 5.11 Å². The summed E-state index contributed by atoms with van der Waals surface area (Å²) in [7, 11) is 2.93. The molecular weight excluding hydrogens is 209 g/mol. The van der Waals surface area contributed by atoms with E-state index >= 15 is 0 Å². The molecule has 0 saturated carbocycles. The van der Waals surface area contributed by atoms with E-state index in [1.54, 1.807) is 6.92 Å². The molecule has 2 unspecified atom stereocenters. The molecule has 1 aliphatic carbocycles. The highest BCUT2D eigenvalue weighted by Crippen LogP contribution is 2.24. The van der Waals surface area contributed by atoms with Gasteiger partial charge in [0.05, 0.1) is 0 Å². The van der Waals surface area contributed by atoms with Crippen molar-refractivity contribution in [2.24, 2.45) is 10.7 Å². The van der Waals surface area contributed by atoms with Crippen molar-refractivity contribution >= 4 is 15.0 Å². The Morgan fingerprint density at radius 3 is 2.87 bits per heavy atom. The first-order valence-corrected chi connectivity index (χ1v) is 5.18. The maximum absolute atomic E-state index is 11.0. The van der Waals surface area contributed by atoms with Crippen molar-refractivity contribution in [3.05, 3.63) is 29.5 Å². The number of carboxylic acid groups (broad SMARTS) is 1. The van der Waals surface area contributed by atoms with Gasteiger partial charge in [0.25, 0.3) is 0 Å². The van der Waals surface area contributed by atoms with Crippen LogP contribution in [0.5, 0.6) is 0 Å². The molecule has 3 nitrogen and oxygen atoms in total. The van der Waals surface area contributed by atoms with Gasteiger partial charge in [0.2, 0.25) is 0 Å². The van der Waals surface area contributed by atoms with Crippen LogP contribution in [0.3, 0.4) is 0 Å². The Bertz CT molecular complexity index is 380. The first-order chi connectivity index (χ1) is 6.98. The smallest absolute Gasteiger partial charge is 0.332 e. The molecule has 4 heteroatoms. The van der Waals surface area contributed by atoms with E-state index in [1.165, 1.54) is 0 Å². The monoisotopic (exact) mass is 223 g/mol. The second-order valence-electron chi connectivity index (χ2n) is 3.92. The molecule has 1 aliphatic rings. The van der Waals surface area contributed by atoms with Crippen LogP contribution in [-0.4, -0.2) is 16.6 Å². The predicted octanol–water partition coefficient (Wildman–Crippen LogP) is 2.83. The molecule has 80 valence electrons. The molecule has 15 heavy (non-hydrogen) atoms. The van der Waals surface area contributed by atoms with Gasteiger partial charge in [0.1, 0.15) is 0 Å². The molecule has 0 radical (unpaired) electrons. The molecule has 0 fully saturated rings. The Balaban J connectivity index is 2.87. The standard InChI is InChI=1S/C11H14NO2P/c1-8-3-5-9(6-4-8)7-11(2,12-15)10(13)14/h3-5,8,15H,7H2,1-2H3,(H,13,14). The van der Waals surface area contributed by atoms with Crippen LogP contribution in [0.2, 0.25) is 0 Å². The van der Waals surface area contributed by atoms with Gasteiger partial charge in [-0.05, 0) is 33.5 Å². The predicted molar refractivity (Wildman–Crippen MR) is 61.3 cm³/mol. The third-order valence-corrected chi connectivity index (χ3v) is 2.87. The van der Waals surface area contributed by atoms with E-state index in [-0.39, 0.29) is 0 Å². The number of carboxylic acids is 1. The third kappa shape index (κ3) is 2.89. The maximum Gasteiger partial charge on any atom is 0.332 e. The van der Waals surface area contributed by atoms with Crippen LogP contribution >= 0.6 is 9.03 Å². The number of allylic oxidation sites excluding steroid dienone is 2. The molecular formula is C11H14NO2P. The Hall–Kier alpha value is -1.17. The van der Waals surface area contributed by atoms with E-state index in [0.717, 1.165) is 5.57 Å². The van der Waals surface area contributed by atoms with E-state index in [4.69, 9.17) is 5.11 Å². The quantitative estimate of drug-likeness (QED) is 0.588. The molecule has 0 heterocycles. The Labute approximate surface area is 91.5 Å². The highest BCUT2D eigenvalue weighted by molar-refractivity contribution is 7.04. The fraction of sp³-hybridized carbons (Fsp3) is 0.455. The van der Waals surface area contributed by atoms with Crippen molar-refractivity contribution < 1.29 is 9.90 Å². The van der Waals surface area contributed by atoms with Gasteiger partial charge in [-0.25, -0.2) is 4.79 Å². The summed E-state index contributed by atoms with van der Waals surface area (Å²) in [5.74, 6) is -0.580. The average molecular weight is 223 g/mol. The lowest BCUT2D eigenvalue weighted by Crippen LogP contribution is -2.32. The Kier molecular flexibility index (Phi) is 3.62. The van der Waals surface area contributed by atoms with Crippen molar-refractivity contribution in [1.29, 1.82) is 0 Å². The van der Waals surface area contributed by atoms with Crippen LogP contribution in [0.15, 0.2) is 34.3 Å². The first-order valence-electron chi connectivity index (χ1n) is 4.74. The van der Waals surface area contributed by atoms with Gasteiger partial charge in [-0.2, -0.15) is 0 Å². The van der Waals surface area contributed by atoms with E-state index < -0.39 is 11.5 Å². The molecule has 0 bridgehead atoms. The highest BCUT2D eigenvalue weighted by atomic mass is 31.0. The van der Waals surface area contributed by atoms with E-state index in [0.29, 0.717) is 12.3 Å². The molecule has 0 aromatic carbocycles. The minimum absolute atomic E-state index is 0.339. The molecule has 1 rings (SSSR count). The maximum atomic E-state index is 11.0. The van der Waals surface area contributed by atoms with Crippen LogP contribution in [-0.2, 0) is 4.79 Å². The van der Waals surface area contributed by atoms with Crippen LogP contribution < -0.4 is 0 Å². The van der Waals surface area contributed by atoms with Gasteiger partial charge in [-0.1, -0.05) is 19.1 Å². The normalized spacial score (nSPS) is 23.1. The lowest BCUT2D eigenvalue weighted by atomic mass is 9.92. The zero-order valence-electron chi connectivity index (χ0n) is 8.82. The number of hydrogen-bond donors (Lipinski definition) is 1. The fourth-order valence-electron chi connectivity index (χ4n) is 1.25. The molecule has 0 amide bonds. The molecule has 0 aliphatic heterocycles. The molecule has 0 spiro atoms. The third-order valence-electron chi connectivity index (χ3n) is 2.37. The van der Waals surface area contributed by atoms with Gasteiger partial charge >= 0.3 is 5.97 Å². The van der Waals surface area contributed by atoms with Crippen molar-refractivity contribution in [2.45, 2.75) is 25.8 Å². The number of hydrogen-bond acceptors (Lipinski definition) is 2. The van der Waals surface area contributed by atoms with Gasteiger partial charge in [0, 0.05) is 6.42 Å². The zero-order valence-corrected chi connectivity index (χ0v) is 9.82. The second kappa shape index (κ2) is 4.57. The van der Waals surface area contributed by atoms with Crippen molar-refractivity contribution in [2.75, 3.05) is 0 Å².